The Morgan fingerprint density at radius 2 is 1.71 bits per heavy atom. The maximum atomic E-state index is 15.5. The molecule has 180 valence electrons. The Morgan fingerprint density at radius 3 is 2.46 bits per heavy atom. The quantitative estimate of drug-likeness (QED) is 0.426. The number of pyridine rings is 1. The molecule has 0 spiro atoms. The van der Waals surface area contributed by atoms with E-state index in [1.54, 1.807) is 11.8 Å². The molecule has 5 rings (SSSR count). The van der Waals surface area contributed by atoms with Crippen LogP contribution in [0.1, 0.15) is 23.1 Å². The second-order valence-corrected chi connectivity index (χ2v) is 8.56. The number of aromatic nitrogens is 3. The van der Waals surface area contributed by atoms with Crippen molar-refractivity contribution in [3.05, 3.63) is 82.3 Å². The van der Waals surface area contributed by atoms with E-state index in [4.69, 9.17) is 16.3 Å². The predicted molar refractivity (Wildman–Crippen MR) is 126 cm³/mol. The minimum atomic E-state index is -1.31. The van der Waals surface area contributed by atoms with Crippen molar-refractivity contribution in [3.8, 4) is 11.1 Å². The second kappa shape index (κ2) is 9.41. The SMILES string of the molecule is Cc1nccnc1C(O)c1cc(-c2ccnc3c(F)c(N4CCOCC4)cc(F)c23)c(F)cc1Cl. The van der Waals surface area contributed by atoms with Crippen molar-refractivity contribution in [1.29, 1.82) is 0 Å². The van der Waals surface area contributed by atoms with Gasteiger partial charge < -0.3 is 14.7 Å². The summed E-state index contributed by atoms with van der Waals surface area (Å²) in [5.74, 6) is -2.20. The lowest BCUT2D eigenvalue weighted by atomic mass is 9.95. The van der Waals surface area contributed by atoms with E-state index in [1.165, 1.54) is 30.7 Å². The molecular weight excluding hydrogens is 481 g/mol. The highest BCUT2D eigenvalue weighted by Gasteiger charge is 2.25. The summed E-state index contributed by atoms with van der Waals surface area (Å²) in [6.45, 7) is 3.30. The molecule has 1 fully saturated rings. The van der Waals surface area contributed by atoms with Gasteiger partial charge in [-0.2, -0.15) is 0 Å². The Hall–Kier alpha value is -3.27. The van der Waals surface area contributed by atoms with Gasteiger partial charge in [-0.1, -0.05) is 11.6 Å². The van der Waals surface area contributed by atoms with Crippen LogP contribution in [0, 0.1) is 24.4 Å². The van der Waals surface area contributed by atoms with E-state index in [-0.39, 0.29) is 44.0 Å². The van der Waals surface area contributed by atoms with E-state index in [0.29, 0.717) is 32.0 Å². The van der Waals surface area contributed by atoms with Crippen molar-refractivity contribution >= 4 is 28.2 Å². The number of ether oxygens (including phenoxy) is 1. The third kappa shape index (κ3) is 4.20. The van der Waals surface area contributed by atoms with Crippen LogP contribution in [0.5, 0.6) is 0 Å². The minimum absolute atomic E-state index is 0.0385. The average molecular weight is 501 g/mol. The maximum absolute atomic E-state index is 15.5. The van der Waals surface area contributed by atoms with Crippen molar-refractivity contribution in [3.63, 3.8) is 0 Å². The van der Waals surface area contributed by atoms with Crippen LogP contribution >= 0.6 is 11.6 Å². The van der Waals surface area contributed by atoms with Gasteiger partial charge >= 0.3 is 0 Å². The number of aliphatic hydroxyl groups is 1. The summed E-state index contributed by atoms with van der Waals surface area (Å²) >= 11 is 6.26. The molecule has 3 heterocycles. The maximum Gasteiger partial charge on any atom is 0.172 e. The van der Waals surface area contributed by atoms with Crippen LogP contribution in [-0.4, -0.2) is 46.4 Å². The van der Waals surface area contributed by atoms with Gasteiger partial charge in [-0.15, -0.1) is 0 Å². The molecule has 1 N–H and O–H groups in total. The molecule has 0 saturated carbocycles. The molecule has 2 aromatic heterocycles. The van der Waals surface area contributed by atoms with Gasteiger partial charge in [-0.3, -0.25) is 15.0 Å². The Bertz CT molecular complexity index is 1430. The van der Waals surface area contributed by atoms with Crippen LogP contribution in [0.4, 0.5) is 18.9 Å². The molecule has 1 unspecified atom stereocenters. The number of aryl methyl sites for hydroxylation is 1. The normalized spacial score (nSPS) is 15.0. The summed E-state index contributed by atoms with van der Waals surface area (Å²) in [5.41, 5.74) is 0.758. The Kier molecular flexibility index (Phi) is 6.31. The molecule has 1 aliphatic rings. The molecule has 0 radical (unpaired) electrons. The largest absolute Gasteiger partial charge is 0.382 e. The van der Waals surface area contributed by atoms with Crippen LogP contribution in [0.15, 0.2) is 42.9 Å². The van der Waals surface area contributed by atoms with Gasteiger partial charge in [-0.25, -0.2) is 13.2 Å². The van der Waals surface area contributed by atoms with Gasteiger partial charge in [0.2, 0.25) is 0 Å². The second-order valence-electron chi connectivity index (χ2n) is 8.16. The van der Waals surface area contributed by atoms with Crippen LogP contribution in [0.3, 0.4) is 0 Å². The molecule has 1 atom stereocenters. The lowest BCUT2D eigenvalue weighted by Gasteiger charge is -2.29. The third-order valence-electron chi connectivity index (χ3n) is 6.09. The van der Waals surface area contributed by atoms with Crippen LogP contribution in [0.25, 0.3) is 22.0 Å². The molecule has 10 heteroatoms. The van der Waals surface area contributed by atoms with Crippen LogP contribution < -0.4 is 4.90 Å². The van der Waals surface area contributed by atoms with E-state index in [0.717, 1.165) is 12.1 Å². The molecule has 0 bridgehead atoms. The minimum Gasteiger partial charge on any atom is -0.382 e. The van der Waals surface area contributed by atoms with Crippen molar-refractivity contribution in [1.82, 2.24) is 15.0 Å². The fourth-order valence-corrected chi connectivity index (χ4v) is 4.58. The van der Waals surface area contributed by atoms with Gasteiger partial charge in [0.15, 0.2) is 5.82 Å². The Morgan fingerprint density at radius 1 is 0.971 bits per heavy atom. The number of anilines is 1. The predicted octanol–water partition coefficient (Wildman–Crippen LogP) is 4.99. The average Bonchev–Trinajstić information content (AvgIpc) is 2.86. The number of morpholine rings is 1. The van der Waals surface area contributed by atoms with Gasteiger partial charge in [0.05, 0.1) is 30.3 Å². The van der Waals surface area contributed by atoms with Crippen LogP contribution in [-0.2, 0) is 4.74 Å². The van der Waals surface area contributed by atoms with E-state index >= 15 is 13.2 Å². The topological polar surface area (TPSA) is 71.4 Å². The number of rotatable bonds is 4. The zero-order valence-corrected chi connectivity index (χ0v) is 19.4. The smallest absolute Gasteiger partial charge is 0.172 e. The Labute approximate surface area is 204 Å². The summed E-state index contributed by atoms with van der Waals surface area (Å²) in [4.78, 5) is 14.0. The summed E-state index contributed by atoms with van der Waals surface area (Å²) in [6.07, 6.45) is 2.89. The molecule has 1 saturated heterocycles. The first-order valence-electron chi connectivity index (χ1n) is 10.9. The molecule has 2 aromatic carbocycles. The number of aliphatic hydroxyl groups excluding tert-OH is 1. The van der Waals surface area contributed by atoms with Gasteiger partial charge in [0.1, 0.15) is 23.3 Å². The van der Waals surface area contributed by atoms with Gasteiger partial charge in [0.25, 0.3) is 0 Å². The molecule has 4 aromatic rings. The molecule has 0 amide bonds. The Balaban J connectivity index is 1.67. The molecule has 1 aliphatic heterocycles. The first-order valence-corrected chi connectivity index (χ1v) is 11.3. The number of hydrogen-bond acceptors (Lipinski definition) is 6. The third-order valence-corrected chi connectivity index (χ3v) is 6.41. The van der Waals surface area contributed by atoms with Crippen molar-refractivity contribution in [2.75, 3.05) is 31.2 Å². The number of hydrogen-bond donors (Lipinski definition) is 1. The lowest BCUT2D eigenvalue weighted by Crippen LogP contribution is -2.36. The number of fused-ring (bicyclic) bond motifs is 1. The van der Waals surface area contributed by atoms with Crippen LogP contribution in [0.2, 0.25) is 5.02 Å². The van der Waals surface area contributed by atoms with E-state index in [1.807, 2.05) is 0 Å². The molecule has 35 heavy (non-hydrogen) atoms. The van der Waals surface area contributed by atoms with Crippen molar-refractivity contribution in [2.45, 2.75) is 13.0 Å². The van der Waals surface area contributed by atoms with Crippen molar-refractivity contribution < 1.29 is 23.0 Å². The molecule has 0 aliphatic carbocycles. The summed E-state index contributed by atoms with van der Waals surface area (Å²) < 4.78 is 51.4. The number of nitrogens with zero attached hydrogens (tertiary/aromatic N) is 4. The van der Waals surface area contributed by atoms with Crippen molar-refractivity contribution in [2.24, 2.45) is 0 Å². The fourth-order valence-electron chi connectivity index (χ4n) is 4.32. The first-order chi connectivity index (χ1) is 16.9. The highest BCUT2D eigenvalue weighted by molar-refractivity contribution is 6.31. The first kappa shape index (κ1) is 23.5. The highest BCUT2D eigenvalue weighted by Crippen LogP contribution is 2.39. The van der Waals surface area contributed by atoms with E-state index in [2.05, 4.69) is 15.0 Å². The summed E-state index contributed by atoms with van der Waals surface area (Å²) in [6, 6.07) is 4.85. The number of halogens is 4. The van der Waals surface area contributed by atoms with Gasteiger partial charge in [-0.05, 0) is 30.7 Å². The van der Waals surface area contributed by atoms with E-state index < -0.39 is 23.6 Å². The molecular formula is C25H20ClF3N4O2. The summed E-state index contributed by atoms with van der Waals surface area (Å²) in [5, 5.41) is 10.7. The number of benzene rings is 2. The highest BCUT2D eigenvalue weighted by atomic mass is 35.5. The monoisotopic (exact) mass is 500 g/mol. The summed E-state index contributed by atoms with van der Waals surface area (Å²) in [7, 11) is 0. The van der Waals surface area contributed by atoms with E-state index in [9.17, 15) is 5.11 Å². The standard InChI is InChI=1S/C25H20ClF3N4O2/c1-13-23(32-5-4-30-13)25(34)16-10-15(18(27)11-17(16)26)14-2-3-31-24-21(14)19(28)12-20(22(24)29)33-6-8-35-9-7-33/h2-5,10-12,25,34H,6-9H2,1H3. The van der Waals surface area contributed by atoms with Gasteiger partial charge in [0, 0.05) is 59.3 Å². The zero-order chi connectivity index (χ0) is 24.7. The fraction of sp³-hybridized carbons (Fsp3) is 0.240. The lowest BCUT2D eigenvalue weighted by molar-refractivity contribution is 0.122. The zero-order valence-electron chi connectivity index (χ0n) is 18.6. The molecule has 6 nitrogen and oxygen atoms in total.